The fourth-order valence-corrected chi connectivity index (χ4v) is 6.33. The van der Waals surface area contributed by atoms with E-state index in [4.69, 9.17) is 19.0 Å². The molecule has 194 valence electrons. The second-order valence-corrected chi connectivity index (χ2v) is 10.6. The maximum Gasteiger partial charge on any atom is 0.226 e. The van der Waals surface area contributed by atoms with Gasteiger partial charge in [-0.1, -0.05) is 11.6 Å². The Hall–Kier alpha value is -3.33. The van der Waals surface area contributed by atoms with E-state index in [1.807, 2.05) is 6.07 Å². The zero-order valence-electron chi connectivity index (χ0n) is 21.5. The molecule has 6 rings (SSSR count). The molecule has 9 nitrogen and oxygen atoms in total. The number of carbonyl (C=O) groups is 1. The molecule has 1 saturated carbocycles. The summed E-state index contributed by atoms with van der Waals surface area (Å²) in [5.74, 6) is 2.46. The molecule has 9 heteroatoms. The Bertz CT molecular complexity index is 1280. The predicted molar refractivity (Wildman–Crippen MR) is 136 cm³/mol. The van der Waals surface area contributed by atoms with Gasteiger partial charge in [-0.3, -0.25) is 14.7 Å². The summed E-state index contributed by atoms with van der Waals surface area (Å²) in [6.45, 7) is 3.14. The number of ether oxygens (including phenoxy) is 2. The molecule has 4 heterocycles. The van der Waals surface area contributed by atoms with Crippen molar-refractivity contribution in [2.24, 2.45) is 0 Å². The quantitative estimate of drug-likeness (QED) is 0.465. The third-order valence-corrected chi connectivity index (χ3v) is 8.23. The highest BCUT2D eigenvalue weighted by molar-refractivity contribution is 5.91. The molecule has 2 aliphatic carbocycles. The highest BCUT2D eigenvalue weighted by Gasteiger charge is 2.48. The summed E-state index contributed by atoms with van der Waals surface area (Å²) in [4.78, 5) is 29.0. The van der Waals surface area contributed by atoms with Gasteiger partial charge < -0.3 is 14.0 Å². The Kier molecular flexibility index (Phi) is 6.40. The van der Waals surface area contributed by atoms with E-state index in [1.165, 1.54) is 0 Å². The Morgan fingerprint density at radius 1 is 1.14 bits per heavy atom. The van der Waals surface area contributed by atoms with Crippen LogP contribution in [0.3, 0.4) is 0 Å². The van der Waals surface area contributed by atoms with Gasteiger partial charge in [0.25, 0.3) is 0 Å². The highest BCUT2D eigenvalue weighted by atomic mass is 16.5. The summed E-state index contributed by atoms with van der Waals surface area (Å²) in [7, 11) is 2.13. The smallest absolute Gasteiger partial charge is 0.226 e. The molecule has 1 spiro atoms. The van der Waals surface area contributed by atoms with E-state index >= 15 is 0 Å². The number of likely N-dealkylation sites (tertiary alicyclic amines) is 1. The first-order valence-corrected chi connectivity index (χ1v) is 13.4. The van der Waals surface area contributed by atoms with Gasteiger partial charge in [0.05, 0.1) is 17.7 Å². The molecule has 2 fully saturated rings. The van der Waals surface area contributed by atoms with E-state index in [2.05, 4.69) is 34.0 Å². The Morgan fingerprint density at radius 2 is 2.00 bits per heavy atom. The van der Waals surface area contributed by atoms with Crippen molar-refractivity contribution in [2.45, 2.75) is 82.3 Å². The summed E-state index contributed by atoms with van der Waals surface area (Å²) in [6, 6.07) is 5.65. The maximum atomic E-state index is 13.1. The van der Waals surface area contributed by atoms with E-state index in [9.17, 15) is 4.79 Å². The number of hydrogen-bond acceptors (Lipinski definition) is 9. The van der Waals surface area contributed by atoms with Crippen LogP contribution in [0.5, 0.6) is 17.5 Å². The molecule has 0 N–H and O–H groups in total. The zero-order valence-corrected chi connectivity index (χ0v) is 21.5. The molecule has 1 saturated heterocycles. The van der Waals surface area contributed by atoms with Crippen molar-refractivity contribution in [1.29, 1.82) is 0 Å². The molecular weight excluding hydrogens is 470 g/mol. The van der Waals surface area contributed by atoms with Crippen molar-refractivity contribution in [2.75, 3.05) is 13.6 Å². The van der Waals surface area contributed by atoms with E-state index < -0.39 is 5.41 Å². The van der Waals surface area contributed by atoms with Crippen molar-refractivity contribution < 1.29 is 18.8 Å². The average Bonchev–Trinajstić information content (AvgIpc) is 3.53. The minimum atomic E-state index is -0.529. The number of ketones is 1. The van der Waals surface area contributed by atoms with Crippen LogP contribution in [0.2, 0.25) is 0 Å². The number of hydrogen-bond donors (Lipinski definition) is 0. The summed E-state index contributed by atoms with van der Waals surface area (Å²) < 4.78 is 18.3. The van der Waals surface area contributed by atoms with Gasteiger partial charge in [-0.15, -0.1) is 0 Å². The molecule has 3 aromatic rings. The molecule has 3 atom stereocenters. The van der Waals surface area contributed by atoms with Crippen molar-refractivity contribution in [3.63, 3.8) is 0 Å². The first-order chi connectivity index (χ1) is 18.0. The second-order valence-electron chi connectivity index (χ2n) is 10.6. The lowest BCUT2D eigenvalue weighted by Crippen LogP contribution is -2.41. The predicted octanol–water partition coefficient (Wildman–Crippen LogP) is 4.90. The summed E-state index contributed by atoms with van der Waals surface area (Å²) >= 11 is 0. The molecule has 0 amide bonds. The lowest BCUT2D eigenvalue weighted by Gasteiger charge is -2.37. The summed E-state index contributed by atoms with van der Waals surface area (Å²) in [5, 5.41) is 4.46. The third-order valence-electron chi connectivity index (χ3n) is 8.23. The van der Waals surface area contributed by atoms with Crippen LogP contribution in [-0.2, 0) is 16.6 Å². The van der Waals surface area contributed by atoms with Gasteiger partial charge in [0, 0.05) is 24.2 Å². The number of fused-ring (bicyclic) bond motifs is 2. The normalized spacial score (nSPS) is 24.7. The topological polar surface area (TPSA) is 103 Å². The second kappa shape index (κ2) is 9.85. The monoisotopic (exact) mass is 503 g/mol. The number of likely N-dealkylation sites (N-methyl/N-ethyl adjacent to an activating group) is 1. The van der Waals surface area contributed by atoms with Crippen LogP contribution in [0.15, 0.2) is 35.1 Å². The average molecular weight is 504 g/mol. The van der Waals surface area contributed by atoms with Crippen LogP contribution in [0, 0.1) is 0 Å². The molecule has 3 aromatic heterocycles. The van der Waals surface area contributed by atoms with Gasteiger partial charge in [-0.05, 0) is 77.6 Å². The molecule has 0 radical (unpaired) electrons. The minimum absolute atomic E-state index is 0.0618. The van der Waals surface area contributed by atoms with Crippen molar-refractivity contribution in [1.82, 2.24) is 25.0 Å². The number of nitrogens with zero attached hydrogens (tertiary/aromatic N) is 5. The summed E-state index contributed by atoms with van der Waals surface area (Å²) in [5.41, 5.74) is 1.19. The van der Waals surface area contributed by atoms with Crippen LogP contribution in [0.1, 0.15) is 69.5 Å². The van der Waals surface area contributed by atoms with E-state index in [0.29, 0.717) is 41.6 Å². The lowest BCUT2D eigenvalue weighted by atomic mass is 9.64. The third kappa shape index (κ3) is 4.50. The fraction of sp³-hybridized carbons (Fsp3) is 0.536. The van der Waals surface area contributed by atoms with Gasteiger partial charge >= 0.3 is 0 Å². The van der Waals surface area contributed by atoms with Crippen molar-refractivity contribution in [3.05, 3.63) is 41.9 Å². The Balaban J connectivity index is 1.38. The van der Waals surface area contributed by atoms with Gasteiger partial charge in [0.2, 0.25) is 23.3 Å². The van der Waals surface area contributed by atoms with E-state index in [1.54, 1.807) is 24.5 Å². The fourth-order valence-electron chi connectivity index (χ4n) is 6.33. The van der Waals surface area contributed by atoms with Gasteiger partial charge in [0.15, 0.2) is 0 Å². The molecule has 0 aromatic carbocycles. The van der Waals surface area contributed by atoms with Crippen LogP contribution in [0.4, 0.5) is 0 Å². The Morgan fingerprint density at radius 3 is 2.78 bits per heavy atom. The molecule has 1 aliphatic heterocycles. The molecule has 37 heavy (non-hydrogen) atoms. The van der Waals surface area contributed by atoms with Crippen LogP contribution < -0.4 is 9.47 Å². The molecule has 0 unspecified atom stereocenters. The van der Waals surface area contributed by atoms with E-state index in [-0.39, 0.29) is 11.9 Å². The SMILES string of the molecule is C[C@H](Oc1cc(Oc2cccnc2)nc(-c2onc3c2CCC[C@@]32CCCCC2=O)n1)[C@@H]1CCCN1C. The molecule has 3 aliphatic rings. The van der Waals surface area contributed by atoms with Crippen LogP contribution >= 0.6 is 0 Å². The van der Waals surface area contributed by atoms with Crippen molar-refractivity contribution in [3.8, 4) is 29.1 Å². The number of pyridine rings is 1. The maximum absolute atomic E-state index is 13.1. The first kappa shape index (κ1) is 24.0. The van der Waals surface area contributed by atoms with Crippen LogP contribution in [-0.4, -0.2) is 56.5 Å². The van der Waals surface area contributed by atoms with Gasteiger partial charge in [-0.25, -0.2) is 0 Å². The largest absolute Gasteiger partial charge is 0.473 e. The van der Waals surface area contributed by atoms with Crippen LogP contribution in [0.25, 0.3) is 11.6 Å². The van der Waals surface area contributed by atoms with Gasteiger partial charge in [0.1, 0.15) is 23.3 Å². The molecular formula is C28H33N5O4. The number of Topliss-reactive ketones (excluding diaryl/α,β-unsaturated/α-hetero) is 1. The zero-order chi connectivity index (χ0) is 25.4. The Labute approximate surface area is 216 Å². The van der Waals surface area contributed by atoms with Gasteiger partial charge in [-0.2, -0.15) is 9.97 Å². The number of rotatable bonds is 6. The lowest BCUT2D eigenvalue weighted by molar-refractivity contribution is -0.127. The molecule has 0 bridgehead atoms. The first-order valence-electron chi connectivity index (χ1n) is 13.4. The summed E-state index contributed by atoms with van der Waals surface area (Å²) in [6.07, 6.45) is 11.4. The van der Waals surface area contributed by atoms with Crippen molar-refractivity contribution >= 4 is 5.78 Å². The number of aromatic nitrogens is 4. The standard InChI is InChI=1S/C28H33N5O4/c1-18(21-10-7-15-33(21)2)35-23-16-24(36-19-8-6-14-29-17-19)31-27(30-23)25-20-9-5-13-28(26(20)32-37-25)12-4-3-11-22(28)34/h6,8,14,16-18,21H,3-5,7,9-13,15H2,1-2H3/t18-,21-,28+/m0/s1. The minimum Gasteiger partial charge on any atom is -0.473 e. The highest BCUT2D eigenvalue weighted by Crippen LogP contribution is 2.47. The van der Waals surface area contributed by atoms with E-state index in [0.717, 1.165) is 69.2 Å². The number of carbonyl (C=O) groups excluding carboxylic acids is 1.